The predicted octanol–water partition coefficient (Wildman–Crippen LogP) is 3.00. The van der Waals surface area contributed by atoms with Crippen LogP contribution in [-0.2, 0) is 0 Å². The maximum absolute atomic E-state index is 13.6. The molecule has 0 aliphatic carbocycles. The summed E-state index contributed by atoms with van der Waals surface area (Å²) in [6, 6.07) is 15.9. The van der Waals surface area contributed by atoms with Crippen LogP contribution in [0.2, 0.25) is 0 Å². The van der Waals surface area contributed by atoms with E-state index in [1.807, 2.05) is 30.3 Å². The lowest BCUT2D eigenvalue weighted by molar-refractivity contribution is 0.185. The fourth-order valence-corrected chi connectivity index (χ4v) is 1.90. The van der Waals surface area contributed by atoms with Gasteiger partial charge in [-0.3, -0.25) is 0 Å². The Kier molecular flexibility index (Phi) is 3.95. The maximum Gasteiger partial charge on any atom is 0.146 e. The molecular weight excluding hydrogens is 229 g/mol. The van der Waals surface area contributed by atoms with Gasteiger partial charge >= 0.3 is 0 Å². The second-order valence-corrected chi connectivity index (χ2v) is 4.26. The molecule has 1 atom stereocenters. The Hall–Kier alpha value is -1.87. The Morgan fingerprint density at radius 1 is 1.06 bits per heavy atom. The largest absolute Gasteiger partial charge is 0.387 e. The molecular formula is C15H16FNO. The zero-order valence-corrected chi connectivity index (χ0v) is 10.3. The number of aliphatic hydroxyl groups excluding tert-OH is 1. The van der Waals surface area contributed by atoms with Gasteiger partial charge in [-0.2, -0.15) is 0 Å². The van der Waals surface area contributed by atoms with Gasteiger partial charge in [0.25, 0.3) is 0 Å². The first-order chi connectivity index (χ1) is 8.68. The van der Waals surface area contributed by atoms with Gasteiger partial charge in [-0.15, -0.1) is 0 Å². The summed E-state index contributed by atoms with van der Waals surface area (Å²) in [4.78, 5) is 1.72. The number of anilines is 1. The lowest BCUT2D eigenvalue weighted by Crippen LogP contribution is -2.24. The van der Waals surface area contributed by atoms with Gasteiger partial charge in [0.05, 0.1) is 11.8 Å². The van der Waals surface area contributed by atoms with Crippen molar-refractivity contribution in [1.29, 1.82) is 0 Å². The van der Waals surface area contributed by atoms with E-state index in [4.69, 9.17) is 0 Å². The van der Waals surface area contributed by atoms with Gasteiger partial charge in [-0.1, -0.05) is 42.5 Å². The molecule has 1 N–H and O–H groups in total. The summed E-state index contributed by atoms with van der Waals surface area (Å²) in [5.41, 5.74) is 1.33. The molecule has 0 heterocycles. The van der Waals surface area contributed by atoms with Crippen LogP contribution in [0.25, 0.3) is 0 Å². The molecule has 2 aromatic carbocycles. The molecule has 0 aromatic heterocycles. The third kappa shape index (κ3) is 2.87. The summed E-state index contributed by atoms with van der Waals surface area (Å²) >= 11 is 0. The number of likely N-dealkylation sites (N-methyl/N-ethyl adjacent to an activating group) is 1. The molecule has 2 aromatic rings. The molecule has 18 heavy (non-hydrogen) atoms. The molecule has 0 fully saturated rings. The van der Waals surface area contributed by atoms with Crippen LogP contribution in [0, 0.1) is 5.82 Å². The highest BCUT2D eigenvalue weighted by molar-refractivity contribution is 5.47. The molecule has 0 spiro atoms. The molecule has 3 heteroatoms. The first-order valence-corrected chi connectivity index (χ1v) is 5.87. The van der Waals surface area contributed by atoms with E-state index in [2.05, 4.69) is 0 Å². The van der Waals surface area contributed by atoms with Crippen molar-refractivity contribution in [2.75, 3.05) is 18.5 Å². The number of nitrogens with zero attached hydrogens (tertiary/aromatic N) is 1. The highest BCUT2D eigenvalue weighted by Gasteiger charge is 2.13. The average Bonchev–Trinajstić information content (AvgIpc) is 2.40. The van der Waals surface area contributed by atoms with Gasteiger partial charge < -0.3 is 10.0 Å². The number of hydrogen-bond acceptors (Lipinski definition) is 2. The Bertz CT molecular complexity index is 501. The van der Waals surface area contributed by atoms with Crippen LogP contribution in [-0.4, -0.2) is 18.7 Å². The van der Waals surface area contributed by atoms with Gasteiger partial charge in [0.1, 0.15) is 5.82 Å². The summed E-state index contributed by atoms with van der Waals surface area (Å²) in [5.74, 6) is -0.278. The van der Waals surface area contributed by atoms with Crippen molar-refractivity contribution < 1.29 is 9.50 Å². The molecule has 0 amide bonds. The zero-order valence-electron chi connectivity index (χ0n) is 10.3. The van der Waals surface area contributed by atoms with Crippen LogP contribution in [0.1, 0.15) is 11.7 Å². The maximum atomic E-state index is 13.6. The summed E-state index contributed by atoms with van der Waals surface area (Å²) in [6.45, 7) is 0.352. The van der Waals surface area contributed by atoms with Crippen LogP contribution in [0.3, 0.4) is 0 Å². The SMILES string of the molecule is CN(CC(O)c1ccccc1)c1ccccc1F. The van der Waals surface area contributed by atoms with Crippen molar-refractivity contribution in [2.45, 2.75) is 6.10 Å². The first kappa shape index (κ1) is 12.6. The standard InChI is InChI=1S/C15H16FNO/c1-17(14-10-6-5-9-13(14)16)11-15(18)12-7-3-2-4-8-12/h2-10,15,18H,11H2,1H3. The molecule has 0 aliphatic rings. The van der Waals surface area contributed by atoms with Crippen LogP contribution in [0.5, 0.6) is 0 Å². The van der Waals surface area contributed by atoms with E-state index in [1.165, 1.54) is 6.07 Å². The molecule has 2 rings (SSSR count). The highest BCUT2D eigenvalue weighted by atomic mass is 19.1. The van der Waals surface area contributed by atoms with E-state index >= 15 is 0 Å². The van der Waals surface area contributed by atoms with Crippen molar-refractivity contribution in [3.63, 3.8) is 0 Å². The quantitative estimate of drug-likeness (QED) is 0.895. The number of para-hydroxylation sites is 1. The van der Waals surface area contributed by atoms with Crippen molar-refractivity contribution in [3.05, 3.63) is 66.0 Å². The van der Waals surface area contributed by atoms with E-state index in [9.17, 15) is 9.50 Å². The van der Waals surface area contributed by atoms with E-state index in [-0.39, 0.29) is 5.82 Å². The van der Waals surface area contributed by atoms with Gasteiger partial charge in [0.15, 0.2) is 0 Å². The van der Waals surface area contributed by atoms with Crippen LogP contribution >= 0.6 is 0 Å². The second-order valence-electron chi connectivity index (χ2n) is 4.26. The van der Waals surface area contributed by atoms with E-state index in [1.54, 1.807) is 30.1 Å². The first-order valence-electron chi connectivity index (χ1n) is 5.87. The van der Waals surface area contributed by atoms with E-state index < -0.39 is 6.10 Å². The Morgan fingerprint density at radius 3 is 2.33 bits per heavy atom. The third-order valence-electron chi connectivity index (χ3n) is 2.89. The number of benzene rings is 2. The van der Waals surface area contributed by atoms with Crippen LogP contribution in [0.4, 0.5) is 10.1 Å². The van der Waals surface area contributed by atoms with Crippen LogP contribution in [0.15, 0.2) is 54.6 Å². The average molecular weight is 245 g/mol. The van der Waals surface area contributed by atoms with Crippen LogP contribution < -0.4 is 4.90 Å². The minimum atomic E-state index is -0.629. The molecule has 0 saturated heterocycles. The van der Waals surface area contributed by atoms with Gasteiger partial charge in [0, 0.05) is 13.6 Å². The van der Waals surface area contributed by atoms with E-state index in [0.717, 1.165) is 5.56 Å². The summed E-state index contributed by atoms with van der Waals surface area (Å²) in [7, 11) is 1.77. The summed E-state index contributed by atoms with van der Waals surface area (Å²) in [6.07, 6.45) is -0.629. The Balaban J connectivity index is 2.08. The minimum Gasteiger partial charge on any atom is -0.387 e. The lowest BCUT2D eigenvalue weighted by Gasteiger charge is -2.23. The van der Waals surface area contributed by atoms with Gasteiger partial charge in [-0.25, -0.2) is 4.39 Å². The monoisotopic (exact) mass is 245 g/mol. The highest BCUT2D eigenvalue weighted by Crippen LogP contribution is 2.20. The zero-order chi connectivity index (χ0) is 13.0. The van der Waals surface area contributed by atoms with E-state index in [0.29, 0.717) is 12.2 Å². The fraction of sp³-hybridized carbons (Fsp3) is 0.200. The molecule has 0 bridgehead atoms. The van der Waals surface area contributed by atoms with Crippen molar-refractivity contribution in [1.82, 2.24) is 0 Å². The Labute approximate surface area is 106 Å². The topological polar surface area (TPSA) is 23.5 Å². The Morgan fingerprint density at radius 2 is 1.67 bits per heavy atom. The number of rotatable bonds is 4. The molecule has 0 radical (unpaired) electrons. The summed E-state index contributed by atoms with van der Waals surface area (Å²) < 4.78 is 13.6. The normalized spacial score (nSPS) is 12.2. The number of aliphatic hydroxyl groups is 1. The third-order valence-corrected chi connectivity index (χ3v) is 2.89. The molecule has 0 aliphatic heterocycles. The molecule has 0 saturated carbocycles. The molecule has 94 valence electrons. The summed E-state index contributed by atoms with van der Waals surface area (Å²) in [5, 5.41) is 10.1. The van der Waals surface area contributed by atoms with Crippen molar-refractivity contribution in [2.24, 2.45) is 0 Å². The van der Waals surface area contributed by atoms with Crippen molar-refractivity contribution in [3.8, 4) is 0 Å². The number of hydrogen-bond donors (Lipinski definition) is 1. The van der Waals surface area contributed by atoms with Crippen molar-refractivity contribution >= 4 is 5.69 Å². The predicted molar refractivity (Wildman–Crippen MR) is 71.1 cm³/mol. The second kappa shape index (κ2) is 5.65. The minimum absolute atomic E-state index is 0.278. The molecule has 2 nitrogen and oxygen atoms in total. The number of halogens is 1. The molecule has 1 unspecified atom stereocenters. The fourth-order valence-electron chi connectivity index (χ4n) is 1.90. The van der Waals surface area contributed by atoms with Gasteiger partial charge in [-0.05, 0) is 17.7 Å². The lowest BCUT2D eigenvalue weighted by atomic mass is 10.1. The van der Waals surface area contributed by atoms with Gasteiger partial charge in [0.2, 0.25) is 0 Å². The smallest absolute Gasteiger partial charge is 0.146 e.